The van der Waals surface area contributed by atoms with Crippen LogP contribution in [0.5, 0.6) is 5.75 Å². The van der Waals surface area contributed by atoms with Gasteiger partial charge in [-0.25, -0.2) is 0 Å². The summed E-state index contributed by atoms with van der Waals surface area (Å²) in [5.41, 5.74) is 2.74. The van der Waals surface area contributed by atoms with Crippen molar-refractivity contribution in [2.24, 2.45) is 5.92 Å². The van der Waals surface area contributed by atoms with E-state index in [4.69, 9.17) is 4.74 Å². The third-order valence-electron chi connectivity index (χ3n) is 4.90. The molecule has 1 aromatic carbocycles. The minimum atomic E-state index is 0. The van der Waals surface area contributed by atoms with Crippen LogP contribution in [0.4, 0.5) is 0 Å². The fourth-order valence-corrected chi connectivity index (χ4v) is 3.58. The number of nitrogens with one attached hydrogen (secondary N) is 1. The van der Waals surface area contributed by atoms with E-state index in [2.05, 4.69) is 35.3 Å². The minimum absolute atomic E-state index is 0. The van der Waals surface area contributed by atoms with Gasteiger partial charge < -0.3 is 10.1 Å². The lowest BCUT2D eigenvalue weighted by molar-refractivity contribution is 0.0836. The van der Waals surface area contributed by atoms with Crippen molar-refractivity contribution in [2.45, 2.75) is 32.2 Å². The summed E-state index contributed by atoms with van der Waals surface area (Å²) < 4.78 is 5.40. The SMILES string of the molecule is COc1ccc([C@H](C2CCC2)N2CCNCC2)cc1C.Cl.Cl. The molecule has 0 bridgehead atoms. The Hall–Kier alpha value is -0.480. The van der Waals surface area contributed by atoms with Gasteiger partial charge in [-0.15, -0.1) is 24.8 Å². The first kappa shape index (κ1) is 19.6. The van der Waals surface area contributed by atoms with Crippen molar-refractivity contribution in [2.75, 3.05) is 33.3 Å². The van der Waals surface area contributed by atoms with Crippen LogP contribution < -0.4 is 10.1 Å². The molecule has 5 heteroatoms. The van der Waals surface area contributed by atoms with Gasteiger partial charge in [0.25, 0.3) is 0 Å². The summed E-state index contributed by atoms with van der Waals surface area (Å²) in [6, 6.07) is 7.36. The quantitative estimate of drug-likeness (QED) is 0.901. The average molecular weight is 347 g/mol. The molecule has 0 radical (unpaired) electrons. The lowest BCUT2D eigenvalue weighted by Gasteiger charge is -2.43. The monoisotopic (exact) mass is 346 g/mol. The van der Waals surface area contributed by atoms with Crippen LogP contribution in [0.15, 0.2) is 18.2 Å². The Kier molecular flexibility index (Phi) is 7.98. The first-order valence-corrected chi connectivity index (χ1v) is 7.89. The Morgan fingerprint density at radius 3 is 2.36 bits per heavy atom. The van der Waals surface area contributed by atoms with Gasteiger partial charge in [-0.3, -0.25) is 4.90 Å². The van der Waals surface area contributed by atoms with Gasteiger partial charge in [-0.1, -0.05) is 18.6 Å². The van der Waals surface area contributed by atoms with Gasteiger partial charge in [0.15, 0.2) is 0 Å². The van der Waals surface area contributed by atoms with Crippen molar-refractivity contribution < 1.29 is 4.74 Å². The zero-order valence-corrected chi connectivity index (χ0v) is 15.1. The summed E-state index contributed by atoms with van der Waals surface area (Å²) >= 11 is 0. The molecule has 126 valence electrons. The second-order valence-corrected chi connectivity index (χ2v) is 6.15. The van der Waals surface area contributed by atoms with Gasteiger partial charge in [0.05, 0.1) is 7.11 Å². The van der Waals surface area contributed by atoms with Crippen molar-refractivity contribution in [3.8, 4) is 5.75 Å². The largest absolute Gasteiger partial charge is 0.496 e. The van der Waals surface area contributed by atoms with Crippen molar-refractivity contribution in [1.29, 1.82) is 0 Å². The highest BCUT2D eigenvalue weighted by molar-refractivity contribution is 5.85. The van der Waals surface area contributed by atoms with Crippen LogP contribution in [0.3, 0.4) is 0 Å². The third kappa shape index (κ3) is 4.08. The van der Waals surface area contributed by atoms with Crippen molar-refractivity contribution in [3.05, 3.63) is 29.3 Å². The molecule has 22 heavy (non-hydrogen) atoms. The van der Waals surface area contributed by atoms with E-state index in [1.54, 1.807) is 7.11 Å². The van der Waals surface area contributed by atoms with Gasteiger partial charge in [-0.2, -0.15) is 0 Å². The fraction of sp³-hybridized carbons (Fsp3) is 0.647. The molecule has 1 atom stereocenters. The molecule has 0 unspecified atom stereocenters. The summed E-state index contributed by atoms with van der Waals surface area (Å²) in [5.74, 6) is 1.85. The van der Waals surface area contributed by atoms with Crippen LogP contribution in [0.2, 0.25) is 0 Å². The fourth-order valence-electron chi connectivity index (χ4n) is 3.58. The molecule has 0 aromatic heterocycles. The Morgan fingerprint density at radius 2 is 1.86 bits per heavy atom. The predicted octanol–water partition coefficient (Wildman–Crippen LogP) is 3.59. The summed E-state index contributed by atoms with van der Waals surface area (Å²) in [6.07, 6.45) is 4.18. The number of halogens is 2. The standard InChI is InChI=1S/C17H26N2O.2ClH/c1-13-12-15(6-7-16(13)20-2)17(14-4-3-5-14)19-10-8-18-9-11-19;;/h6-7,12,14,17-18H,3-5,8-11H2,1-2H3;2*1H/t17-;;/m0../s1. The van der Waals surface area contributed by atoms with Crippen LogP contribution in [-0.2, 0) is 0 Å². The van der Waals surface area contributed by atoms with E-state index in [0.29, 0.717) is 6.04 Å². The van der Waals surface area contributed by atoms with Gasteiger partial charge in [0.2, 0.25) is 0 Å². The Bertz CT molecular complexity index is 460. The number of aryl methyl sites for hydroxylation is 1. The normalized spacial score (nSPS) is 20.3. The predicted molar refractivity (Wildman–Crippen MR) is 96.8 cm³/mol. The van der Waals surface area contributed by atoms with E-state index in [1.165, 1.54) is 43.5 Å². The van der Waals surface area contributed by atoms with E-state index in [0.717, 1.165) is 24.8 Å². The molecular formula is C17H28Cl2N2O. The minimum Gasteiger partial charge on any atom is -0.496 e. The van der Waals surface area contributed by atoms with Gasteiger partial charge >= 0.3 is 0 Å². The van der Waals surface area contributed by atoms with Crippen molar-refractivity contribution >= 4 is 24.8 Å². The summed E-state index contributed by atoms with van der Waals surface area (Å²) in [7, 11) is 1.75. The molecule has 3 rings (SSSR count). The first-order chi connectivity index (χ1) is 9.79. The molecule has 1 saturated heterocycles. The van der Waals surface area contributed by atoms with E-state index in [-0.39, 0.29) is 24.8 Å². The molecular weight excluding hydrogens is 319 g/mol. The Balaban J connectivity index is 0.00000121. The third-order valence-corrected chi connectivity index (χ3v) is 4.90. The molecule has 2 aliphatic rings. The number of methoxy groups -OCH3 is 1. The van der Waals surface area contributed by atoms with E-state index >= 15 is 0 Å². The highest BCUT2D eigenvalue weighted by atomic mass is 35.5. The first-order valence-electron chi connectivity index (χ1n) is 7.89. The van der Waals surface area contributed by atoms with Gasteiger partial charge in [-0.05, 0) is 42.9 Å². The number of rotatable bonds is 4. The second-order valence-electron chi connectivity index (χ2n) is 6.15. The van der Waals surface area contributed by atoms with E-state index < -0.39 is 0 Å². The van der Waals surface area contributed by atoms with E-state index in [9.17, 15) is 0 Å². The topological polar surface area (TPSA) is 24.5 Å². The maximum Gasteiger partial charge on any atom is 0.121 e. The number of hydrogen-bond acceptors (Lipinski definition) is 3. The highest BCUT2D eigenvalue weighted by Gasteiger charge is 2.33. The zero-order chi connectivity index (χ0) is 13.9. The smallest absolute Gasteiger partial charge is 0.121 e. The lowest BCUT2D eigenvalue weighted by Crippen LogP contribution is -2.47. The number of hydrogen-bond donors (Lipinski definition) is 1. The van der Waals surface area contributed by atoms with Crippen LogP contribution in [0, 0.1) is 12.8 Å². The maximum absolute atomic E-state index is 5.40. The maximum atomic E-state index is 5.40. The number of piperazine rings is 1. The van der Waals surface area contributed by atoms with Gasteiger partial charge in [0, 0.05) is 32.2 Å². The Morgan fingerprint density at radius 1 is 1.18 bits per heavy atom. The molecule has 1 aliphatic heterocycles. The molecule has 3 nitrogen and oxygen atoms in total. The van der Waals surface area contributed by atoms with Crippen LogP contribution in [0.25, 0.3) is 0 Å². The second kappa shape index (κ2) is 8.97. The number of nitrogens with zero attached hydrogens (tertiary/aromatic N) is 1. The molecule has 1 aromatic rings. The molecule has 1 saturated carbocycles. The summed E-state index contributed by atoms with van der Waals surface area (Å²) in [6.45, 7) is 6.74. The summed E-state index contributed by atoms with van der Waals surface area (Å²) in [4.78, 5) is 2.68. The molecule has 1 heterocycles. The molecule has 1 aliphatic carbocycles. The average Bonchev–Trinajstić information content (AvgIpc) is 2.43. The molecule has 1 N–H and O–H groups in total. The molecule has 2 fully saturated rings. The number of ether oxygens (including phenoxy) is 1. The Labute approximate surface area is 146 Å². The molecule has 0 spiro atoms. The van der Waals surface area contributed by atoms with Crippen LogP contribution in [-0.4, -0.2) is 38.2 Å². The van der Waals surface area contributed by atoms with Crippen molar-refractivity contribution in [1.82, 2.24) is 10.2 Å². The van der Waals surface area contributed by atoms with E-state index in [1.807, 2.05) is 0 Å². The van der Waals surface area contributed by atoms with Crippen LogP contribution >= 0.6 is 24.8 Å². The highest BCUT2D eigenvalue weighted by Crippen LogP contribution is 2.42. The lowest BCUT2D eigenvalue weighted by atomic mass is 9.76. The molecule has 0 amide bonds. The van der Waals surface area contributed by atoms with Gasteiger partial charge in [0.1, 0.15) is 5.75 Å². The summed E-state index contributed by atoms with van der Waals surface area (Å²) in [5, 5.41) is 3.46. The number of benzene rings is 1. The van der Waals surface area contributed by atoms with Crippen LogP contribution in [0.1, 0.15) is 36.4 Å². The zero-order valence-electron chi connectivity index (χ0n) is 13.5. The van der Waals surface area contributed by atoms with Crippen molar-refractivity contribution in [3.63, 3.8) is 0 Å².